The maximum Gasteiger partial charge on any atom is 0.338 e. The fourth-order valence-corrected chi connectivity index (χ4v) is 5.98. The number of aryl methyl sites for hydroxylation is 1. The van der Waals surface area contributed by atoms with E-state index in [9.17, 15) is 19.7 Å². The summed E-state index contributed by atoms with van der Waals surface area (Å²) in [7, 11) is 3.88. The molecule has 4 aromatic rings. The molecule has 1 atom stereocenters. The minimum Gasteiger partial charge on any atom is -0.463 e. The molecule has 0 aliphatic carbocycles. The van der Waals surface area contributed by atoms with Crippen LogP contribution in [-0.4, -0.2) is 36.2 Å². The quantitative estimate of drug-likeness (QED) is 0.176. The van der Waals surface area contributed by atoms with Gasteiger partial charge < -0.3 is 14.1 Å². The minimum atomic E-state index is -0.720. The van der Waals surface area contributed by atoms with Crippen LogP contribution in [0.2, 0.25) is 0 Å². The number of esters is 1. The van der Waals surface area contributed by atoms with Crippen molar-refractivity contribution in [2.45, 2.75) is 33.7 Å². The van der Waals surface area contributed by atoms with Crippen molar-refractivity contribution in [2.24, 2.45) is 4.99 Å². The van der Waals surface area contributed by atoms with Crippen LogP contribution in [0.3, 0.4) is 0 Å². The molecule has 0 unspecified atom stereocenters. The summed E-state index contributed by atoms with van der Waals surface area (Å²) in [4.78, 5) is 45.1. The Hall–Kier alpha value is -4.77. The monoisotopic (exact) mass is 586 g/mol. The number of aromatic nitrogens is 1. The summed E-state index contributed by atoms with van der Waals surface area (Å²) in [5.41, 5.74) is 4.16. The second-order valence-corrected chi connectivity index (χ2v) is 11.2. The third kappa shape index (κ3) is 5.18. The fourth-order valence-electron chi connectivity index (χ4n) is 4.95. The summed E-state index contributed by atoms with van der Waals surface area (Å²) < 4.78 is 13.3. The minimum absolute atomic E-state index is 0.0163. The van der Waals surface area contributed by atoms with Crippen molar-refractivity contribution < 1.29 is 18.9 Å². The first-order valence-electron chi connectivity index (χ1n) is 13.3. The van der Waals surface area contributed by atoms with Gasteiger partial charge in [0.1, 0.15) is 11.5 Å². The number of carbonyl (C=O) groups is 1. The largest absolute Gasteiger partial charge is 0.463 e. The van der Waals surface area contributed by atoms with Crippen molar-refractivity contribution in [2.75, 3.05) is 25.6 Å². The first-order chi connectivity index (χ1) is 20.0. The summed E-state index contributed by atoms with van der Waals surface area (Å²) >= 11 is 1.19. The van der Waals surface area contributed by atoms with Crippen molar-refractivity contribution in [1.29, 1.82) is 0 Å². The molecule has 0 saturated carbocycles. The van der Waals surface area contributed by atoms with Crippen LogP contribution in [0.25, 0.3) is 17.4 Å². The van der Waals surface area contributed by atoms with Gasteiger partial charge in [0, 0.05) is 43.1 Å². The smallest absolute Gasteiger partial charge is 0.338 e. The number of carbonyl (C=O) groups excluding carboxylic acids is 1. The zero-order valence-corrected chi connectivity index (χ0v) is 24.9. The van der Waals surface area contributed by atoms with Crippen LogP contribution in [0.4, 0.5) is 11.4 Å². The van der Waals surface area contributed by atoms with Crippen LogP contribution >= 0.6 is 11.3 Å². The van der Waals surface area contributed by atoms with E-state index in [1.54, 1.807) is 39.0 Å². The van der Waals surface area contributed by atoms with Crippen molar-refractivity contribution in [3.05, 3.63) is 112 Å². The van der Waals surface area contributed by atoms with Gasteiger partial charge in [-0.05, 0) is 69.2 Å². The summed E-state index contributed by atoms with van der Waals surface area (Å²) in [5.74, 6) is 0.330. The van der Waals surface area contributed by atoms with E-state index in [-0.39, 0.29) is 17.9 Å². The normalized spacial score (nSPS) is 14.9. The van der Waals surface area contributed by atoms with Crippen LogP contribution in [-0.2, 0) is 9.53 Å². The average Bonchev–Trinajstić information content (AvgIpc) is 3.53. The molecule has 1 aliphatic heterocycles. The number of furan rings is 1. The van der Waals surface area contributed by atoms with E-state index in [0.717, 1.165) is 16.8 Å². The molecule has 2 aromatic carbocycles. The van der Waals surface area contributed by atoms with Gasteiger partial charge in [0.25, 0.3) is 11.2 Å². The Morgan fingerprint density at radius 1 is 1.17 bits per heavy atom. The lowest BCUT2D eigenvalue weighted by Gasteiger charge is -2.25. The van der Waals surface area contributed by atoms with Crippen molar-refractivity contribution in [3.63, 3.8) is 0 Å². The lowest BCUT2D eigenvalue weighted by Crippen LogP contribution is -2.39. The molecule has 2 aromatic heterocycles. The van der Waals surface area contributed by atoms with Crippen LogP contribution in [0.1, 0.15) is 42.3 Å². The van der Waals surface area contributed by atoms with Gasteiger partial charge in [-0.3, -0.25) is 19.5 Å². The van der Waals surface area contributed by atoms with E-state index < -0.39 is 16.9 Å². The number of nitrogens with zero attached hydrogens (tertiary/aromatic N) is 4. The molecule has 3 heterocycles. The first-order valence-corrected chi connectivity index (χ1v) is 14.1. The molecule has 216 valence electrons. The maximum absolute atomic E-state index is 13.9. The summed E-state index contributed by atoms with van der Waals surface area (Å²) in [5, 5.41) is 11.5. The van der Waals surface area contributed by atoms with Gasteiger partial charge >= 0.3 is 5.97 Å². The number of fused-ring (bicyclic) bond motifs is 1. The number of anilines is 1. The Morgan fingerprint density at radius 2 is 1.88 bits per heavy atom. The second-order valence-electron chi connectivity index (χ2n) is 10.2. The molecule has 0 radical (unpaired) electrons. The average molecular weight is 587 g/mol. The Morgan fingerprint density at radius 3 is 2.52 bits per heavy atom. The van der Waals surface area contributed by atoms with E-state index in [0.29, 0.717) is 43.3 Å². The molecule has 0 fully saturated rings. The van der Waals surface area contributed by atoms with Crippen molar-refractivity contribution in [1.82, 2.24) is 4.57 Å². The Bertz CT molecular complexity index is 1930. The van der Waals surface area contributed by atoms with Gasteiger partial charge in [0.2, 0.25) is 0 Å². The second kappa shape index (κ2) is 11.2. The van der Waals surface area contributed by atoms with E-state index >= 15 is 0 Å². The zero-order chi connectivity index (χ0) is 30.3. The lowest BCUT2D eigenvalue weighted by molar-refractivity contribution is -0.385. The highest BCUT2D eigenvalue weighted by molar-refractivity contribution is 7.07. The van der Waals surface area contributed by atoms with Gasteiger partial charge in [0.15, 0.2) is 4.80 Å². The van der Waals surface area contributed by atoms with E-state index in [1.807, 2.05) is 56.3 Å². The molecule has 5 rings (SSSR count). The molecule has 11 heteroatoms. The molecule has 0 saturated heterocycles. The molecule has 0 spiro atoms. The van der Waals surface area contributed by atoms with Crippen LogP contribution < -0.4 is 19.8 Å². The van der Waals surface area contributed by atoms with Crippen molar-refractivity contribution in [3.8, 4) is 11.3 Å². The lowest BCUT2D eigenvalue weighted by atomic mass is 9.95. The van der Waals surface area contributed by atoms with Crippen LogP contribution in [0.15, 0.2) is 74.0 Å². The molecular weight excluding hydrogens is 556 g/mol. The summed E-state index contributed by atoms with van der Waals surface area (Å²) in [6, 6.07) is 13.7. The molecule has 0 amide bonds. The predicted octanol–water partition coefficient (Wildman–Crippen LogP) is 4.65. The Balaban J connectivity index is 1.62. The Labute approximate surface area is 245 Å². The highest BCUT2D eigenvalue weighted by Crippen LogP contribution is 2.33. The SMILES string of the molecule is CCOC(=O)C1=C(C)N=c2s/c(=C\c3ccc(-c4cc(C)c(C)c([N+](=O)[O-])c4)o3)c(=O)n2[C@@H]1c1ccc(N(C)C)cc1. The zero-order valence-electron chi connectivity index (χ0n) is 24.1. The number of rotatable bonds is 7. The topological polar surface area (TPSA) is 120 Å². The molecule has 10 nitrogen and oxygen atoms in total. The summed E-state index contributed by atoms with van der Waals surface area (Å²) in [6.07, 6.45) is 1.62. The molecule has 42 heavy (non-hydrogen) atoms. The molecule has 0 bridgehead atoms. The highest BCUT2D eigenvalue weighted by Gasteiger charge is 2.33. The van der Waals surface area contributed by atoms with E-state index in [4.69, 9.17) is 9.15 Å². The van der Waals surface area contributed by atoms with Gasteiger partial charge in [-0.25, -0.2) is 9.79 Å². The Kier molecular flexibility index (Phi) is 7.70. The summed E-state index contributed by atoms with van der Waals surface area (Å²) in [6.45, 7) is 7.19. The van der Waals surface area contributed by atoms with Crippen LogP contribution in [0.5, 0.6) is 0 Å². The number of allylic oxidation sites excluding steroid dienone is 1. The number of hydrogen-bond acceptors (Lipinski definition) is 9. The van der Waals surface area contributed by atoms with Crippen molar-refractivity contribution >= 4 is 34.8 Å². The third-order valence-corrected chi connectivity index (χ3v) is 8.25. The van der Waals surface area contributed by atoms with Gasteiger partial charge in [0.05, 0.1) is 33.4 Å². The third-order valence-electron chi connectivity index (χ3n) is 7.26. The standard InChI is InChI=1S/C31H30N4O6S/c1-7-40-30(37)27-19(4)32-31-34(28(27)20-8-10-22(11-9-20)33(5)6)29(36)26(42-31)16-23-12-13-25(41-23)21-14-17(2)18(3)24(15-21)35(38)39/h8-16,28H,7H2,1-6H3/b26-16-/t28-/m1/s1. The first kappa shape index (κ1) is 28.7. The number of ether oxygens (including phenoxy) is 1. The van der Waals surface area contributed by atoms with E-state index in [1.165, 1.54) is 22.0 Å². The van der Waals surface area contributed by atoms with Gasteiger partial charge in [-0.15, -0.1) is 0 Å². The maximum atomic E-state index is 13.9. The number of nitro groups is 1. The molecular formula is C31H30N4O6S. The number of nitro benzene ring substituents is 1. The number of thiazole rings is 1. The number of benzene rings is 2. The highest BCUT2D eigenvalue weighted by atomic mass is 32.1. The number of hydrogen-bond donors (Lipinski definition) is 0. The van der Waals surface area contributed by atoms with Gasteiger partial charge in [-0.2, -0.15) is 0 Å². The van der Waals surface area contributed by atoms with E-state index in [2.05, 4.69) is 4.99 Å². The molecule has 1 aliphatic rings. The molecule has 0 N–H and O–H groups in total. The fraction of sp³-hybridized carbons (Fsp3) is 0.258. The van der Waals surface area contributed by atoms with Crippen LogP contribution in [0, 0.1) is 24.0 Å². The predicted molar refractivity (Wildman–Crippen MR) is 161 cm³/mol. The van der Waals surface area contributed by atoms with Gasteiger partial charge in [-0.1, -0.05) is 23.5 Å².